The lowest BCUT2D eigenvalue weighted by atomic mass is 10.2. The molecule has 0 fully saturated rings. The van der Waals surface area contributed by atoms with Crippen LogP contribution in [0.2, 0.25) is 0 Å². The van der Waals surface area contributed by atoms with Crippen LogP contribution in [-0.2, 0) is 17.9 Å². The first-order valence-corrected chi connectivity index (χ1v) is 6.15. The summed E-state index contributed by atoms with van der Waals surface area (Å²) in [6, 6.07) is 10.2. The van der Waals surface area contributed by atoms with Crippen LogP contribution in [0, 0.1) is 0 Å². The number of hydrogen-bond donors (Lipinski definition) is 1. The van der Waals surface area contributed by atoms with Crippen molar-refractivity contribution in [1.29, 1.82) is 0 Å². The molecule has 0 saturated heterocycles. The predicted octanol–water partition coefficient (Wildman–Crippen LogP) is 2.12. The third-order valence-corrected chi connectivity index (χ3v) is 2.76. The molecule has 1 atom stereocenters. The molecule has 1 unspecified atom stereocenters. The molecule has 0 bridgehead atoms. The summed E-state index contributed by atoms with van der Waals surface area (Å²) in [5.74, 6) is 0. The number of benzene rings is 1. The highest BCUT2D eigenvalue weighted by Gasteiger charge is 2.02. The Bertz CT molecular complexity index is 465. The van der Waals surface area contributed by atoms with Gasteiger partial charge in [0, 0.05) is 17.8 Å². The lowest BCUT2D eigenvalue weighted by Crippen LogP contribution is -2.07. The van der Waals surface area contributed by atoms with E-state index in [4.69, 9.17) is 10.5 Å². The van der Waals surface area contributed by atoms with Crippen molar-refractivity contribution in [2.75, 3.05) is 6.61 Å². The number of rotatable bonds is 6. The molecule has 0 aliphatic carbocycles. The molecule has 1 aromatic carbocycles. The average molecular weight is 245 g/mol. The molecule has 0 saturated carbocycles. The Labute approximate surface area is 107 Å². The molecule has 4 heteroatoms. The van der Waals surface area contributed by atoms with E-state index in [1.165, 1.54) is 5.56 Å². The average Bonchev–Trinajstić information content (AvgIpc) is 2.85. The highest BCUT2D eigenvalue weighted by molar-refractivity contribution is 5.13. The third-order valence-electron chi connectivity index (χ3n) is 2.76. The summed E-state index contributed by atoms with van der Waals surface area (Å²) in [7, 11) is 0. The molecule has 0 aliphatic rings. The molecule has 0 amide bonds. The second-order valence-electron chi connectivity index (χ2n) is 4.36. The van der Waals surface area contributed by atoms with E-state index in [0.29, 0.717) is 13.2 Å². The number of nitrogens with zero attached hydrogens (tertiary/aromatic N) is 2. The molecule has 2 rings (SSSR count). The van der Waals surface area contributed by atoms with Crippen molar-refractivity contribution in [3.8, 4) is 0 Å². The number of hydrogen-bond acceptors (Lipinski definition) is 3. The summed E-state index contributed by atoms with van der Waals surface area (Å²) < 4.78 is 7.47. The van der Waals surface area contributed by atoms with Crippen molar-refractivity contribution in [2.24, 2.45) is 5.73 Å². The molecule has 2 N–H and O–H groups in total. The van der Waals surface area contributed by atoms with Gasteiger partial charge in [0.05, 0.1) is 26.0 Å². The van der Waals surface area contributed by atoms with E-state index in [1.807, 2.05) is 42.2 Å². The molecule has 18 heavy (non-hydrogen) atoms. The van der Waals surface area contributed by atoms with Gasteiger partial charge in [-0.3, -0.25) is 4.68 Å². The Kier molecular flexibility index (Phi) is 4.50. The molecule has 1 aromatic heterocycles. The van der Waals surface area contributed by atoms with Crippen LogP contribution in [0.5, 0.6) is 0 Å². The predicted molar refractivity (Wildman–Crippen MR) is 70.9 cm³/mol. The molecule has 96 valence electrons. The Morgan fingerprint density at radius 3 is 2.78 bits per heavy atom. The highest BCUT2D eigenvalue weighted by Crippen LogP contribution is 2.07. The van der Waals surface area contributed by atoms with Gasteiger partial charge in [0.2, 0.25) is 0 Å². The zero-order valence-corrected chi connectivity index (χ0v) is 10.6. The Morgan fingerprint density at radius 1 is 1.33 bits per heavy atom. The maximum atomic E-state index is 5.77. The molecule has 0 radical (unpaired) electrons. The van der Waals surface area contributed by atoms with E-state index < -0.39 is 0 Å². The van der Waals surface area contributed by atoms with Crippen LogP contribution in [-0.4, -0.2) is 16.4 Å². The lowest BCUT2D eigenvalue weighted by molar-refractivity contribution is 0.111. The van der Waals surface area contributed by atoms with Gasteiger partial charge >= 0.3 is 0 Å². The summed E-state index contributed by atoms with van der Waals surface area (Å²) in [6.07, 6.45) is 3.78. The number of aromatic nitrogens is 2. The summed E-state index contributed by atoms with van der Waals surface area (Å²) in [5, 5.41) is 4.24. The van der Waals surface area contributed by atoms with Gasteiger partial charge in [-0.2, -0.15) is 5.10 Å². The standard InChI is InChI=1S/C14H19N3O/c1-12(15)14-9-16-17(10-14)7-8-18-11-13-5-3-2-4-6-13/h2-6,9-10,12H,7-8,11,15H2,1H3. The van der Waals surface area contributed by atoms with Crippen molar-refractivity contribution < 1.29 is 4.74 Å². The van der Waals surface area contributed by atoms with Crippen LogP contribution in [0.15, 0.2) is 42.7 Å². The van der Waals surface area contributed by atoms with Crippen LogP contribution in [0.3, 0.4) is 0 Å². The molecule has 0 aliphatic heterocycles. The highest BCUT2D eigenvalue weighted by atomic mass is 16.5. The summed E-state index contributed by atoms with van der Waals surface area (Å²) in [4.78, 5) is 0. The van der Waals surface area contributed by atoms with Crippen molar-refractivity contribution in [2.45, 2.75) is 26.1 Å². The fourth-order valence-electron chi connectivity index (χ4n) is 1.66. The zero-order chi connectivity index (χ0) is 12.8. The van der Waals surface area contributed by atoms with E-state index in [0.717, 1.165) is 12.1 Å². The summed E-state index contributed by atoms with van der Waals surface area (Å²) in [6.45, 7) is 3.99. The second kappa shape index (κ2) is 6.33. The largest absolute Gasteiger partial charge is 0.375 e. The first-order chi connectivity index (χ1) is 8.75. The van der Waals surface area contributed by atoms with Crippen molar-refractivity contribution in [3.05, 3.63) is 53.9 Å². The minimum atomic E-state index is 0.0315. The van der Waals surface area contributed by atoms with Crippen LogP contribution < -0.4 is 5.73 Å². The van der Waals surface area contributed by atoms with Crippen LogP contribution in [0.1, 0.15) is 24.1 Å². The number of nitrogens with two attached hydrogens (primary N) is 1. The second-order valence-corrected chi connectivity index (χ2v) is 4.36. The maximum absolute atomic E-state index is 5.77. The Balaban J connectivity index is 1.72. The van der Waals surface area contributed by atoms with Gasteiger partial charge in [0.15, 0.2) is 0 Å². The number of ether oxygens (including phenoxy) is 1. The third kappa shape index (κ3) is 3.68. The van der Waals surface area contributed by atoms with Crippen molar-refractivity contribution >= 4 is 0 Å². The van der Waals surface area contributed by atoms with E-state index in [-0.39, 0.29) is 6.04 Å². The molecule has 1 heterocycles. The van der Waals surface area contributed by atoms with Crippen LogP contribution in [0.4, 0.5) is 0 Å². The van der Waals surface area contributed by atoms with Crippen LogP contribution >= 0.6 is 0 Å². The molecular weight excluding hydrogens is 226 g/mol. The lowest BCUT2D eigenvalue weighted by Gasteiger charge is -2.04. The van der Waals surface area contributed by atoms with Gasteiger partial charge in [-0.1, -0.05) is 30.3 Å². The summed E-state index contributed by atoms with van der Waals surface area (Å²) in [5.41, 5.74) is 8.02. The monoisotopic (exact) mass is 245 g/mol. The first kappa shape index (κ1) is 12.8. The Hall–Kier alpha value is -1.65. The first-order valence-electron chi connectivity index (χ1n) is 6.15. The maximum Gasteiger partial charge on any atom is 0.0717 e. The topological polar surface area (TPSA) is 53.1 Å². The molecule has 2 aromatic rings. The minimum absolute atomic E-state index is 0.0315. The van der Waals surface area contributed by atoms with Gasteiger partial charge in [-0.25, -0.2) is 0 Å². The van der Waals surface area contributed by atoms with Crippen LogP contribution in [0.25, 0.3) is 0 Å². The normalized spacial score (nSPS) is 12.6. The van der Waals surface area contributed by atoms with Gasteiger partial charge in [-0.15, -0.1) is 0 Å². The van der Waals surface area contributed by atoms with E-state index >= 15 is 0 Å². The van der Waals surface area contributed by atoms with E-state index in [2.05, 4.69) is 17.2 Å². The molecular formula is C14H19N3O. The quantitative estimate of drug-likeness (QED) is 0.793. The van der Waals surface area contributed by atoms with Crippen molar-refractivity contribution in [1.82, 2.24) is 9.78 Å². The van der Waals surface area contributed by atoms with Gasteiger partial charge in [0.25, 0.3) is 0 Å². The van der Waals surface area contributed by atoms with Gasteiger partial charge in [-0.05, 0) is 12.5 Å². The fourth-order valence-corrected chi connectivity index (χ4v) is 1.66. The molecule has 4 nitrogen and oxygen atoms in total. The zero-order valence-electron chi connectivity index (χ0n) is 10.6. The van der Waals surface area contributed by atoms with Gasteiger partial charge < -0.3 is 10.5 Å². The summed E-state index contributed by atoms with van der Waals surface area (Å²) >= 11 is 0. The molecule has 0 spiro atoms. The minimum Gasteiger partial charge on any atom is -0.375 e. The van der Waals surface area contributed by atoms with Gasteiger partial charge in [0.1, 0.15) is 0 Å². The van der Waals surface area contributed by atoms with E-state index in [1.54, 1.807) is 0 Å². The smallest absolute Gasteiger partial charge is 0.0717 e. The SMILES string of the molecule is CC(N)c1cnn(CCOCc2ccccc2)c1. The van der Waals surface area contributed by atoms with E-state index in [9.17, 15) is 0 Å². The Morgan fingerprint density at radius 2 is 2.11 bits per heavy atom. The fraction of sp³-hybridized carbons (Fsp3) is 0.357. The van der Waals surface area contributed by atoms with Crippen molar-refractivity contribution in [3.63, 3.8) is 0 Å².